The van der Waals surface area contributed by atoms with Gasteiger partial charge in [-0.2, -0.15) is 0 Å². The molecular formula is C25H21ClO6. The van der Waals surface area contributed by atoms with Gasteiger partial charge in [-0.3, -0.25) is 4.79 Å². The second kappa shape index (κ2) is 8.55. The Hall–Kier alpha value is -3.51. The summed E-state index contributed by atoms with van der Waals surface area (Å²) in [6.07, 6.45) is 0. The fourth-order valence-corrected chi connectivity index (χ4v) is 3.75. The molecule has 0 aliphatic rings. The van der Waals surface area contributed by atoms with Crippen molar-refractivity contribution in [3.05, 3.63) is 86.1 Å². The van der Waals surface area contributed by atoms with Crippen LogP contribution in [-0.4, -0.2) is 13.1 Å². The average Bonchev–Trinajstić information content (AvgIpc) is 3.15. The summed E-state index contributed by atoms with van der Waals surface area (Å²) >= 11 is 5.93. The van der Waals surface area contributed by atoms with Crippen LogP contribution in [0.2, 0.25) is 5.02 Å². The predicted octanol–water partition coefficient (Wildman–Crippen LogP) is 6.00. The van der Waals surface area contributed by atoms with E-state index in [4.69, 9.17) is 29.9 Å². The summed E-state index contributed by atoms with van der Waals surface area (Å²) in [5.41, 5.74) is 2.79. The molecule has 4 aromatic rings. The summed E-state index contributed by atoms with van der Waals surface area (Å²) in [6.45, 7) is 5.60. The molecule has 164 valence electrons. The van der Waals surface area contributed by atoms with Crippen molar-refractivity contribution in [1.82, 2.24) is 0 Å². The molecule has 0 fully saturated rings. The van der Waals surface area contributed by atoms with E-state index in [9.17, 15) is 9.59 Å². The fourth-order valence-electron chi connectivity index (χ4n) is 3.62. The number of rotatable bonds is 5. The summed E-state index contributed by atoms with van der Waals surface area (Å²) in [7, 11) is 1.27. The number of methoxy groups -OCH3 is 1. The Morgan fingerprint density at radius 3 is 2.41 bits per heavy atom. The van der Waals surface area contributed by atoms with Gasteiger partial charge in [-0.05, 0) is 56.7 Å². The summed E-state index contributed by atoms with van der Waals surface area (Å²) < 4.78 is 22.2. The molecule has 0 aliphatic carbocycles. The number of carbonyl (C=O) groups is 1. The molecule has 0 unspecified atom stereocenters. The number of ether oxygens (including phenoxy) is 2. The highest BCUT2D eigenvalue weighted by Gasteiger charge is 2.22. The first-order chi connectivity index (χ1) is 15.3. The van der Waals surface area contributed by atoms with Gasteiger partial charge in [0.2, 0.25) is 11.2 Å². The highest BCUT2D eigenvalue weighted by Crippen LogP contribution is 2.33. The molecular weight excluding hydrogens is 432 g/mol. The lowest BCUT2D eigenvalue weighted by Crippen LogP contribution is -2.09. The molecule has 2 heterocycles. The van der Waals surface area contributed by atoms with Crippen LogP contribution in [0.3, 0.4) is 0 Å². The first-order valence-corrected chi connectivity index (χ1v) is 10.3. The van der Waals surface area contributed by atoms with Gasteiger partial charge in [0, 0.05) is 16.1 Å². The first kappa shape index (κ1) is 21.7. The normalized spacial score (nSPS) is 11.0. The number of furan rings is 1. The lowest BCUT2D eigenvalue weighted by molar-refractivity contribution is 0.0563. The number of esters is 1. The maximum atomic E-state index is 13.4. The monoisotopic (exact) mass is 452 g/mol. The molecule has 7 heteroatoms. The van der Waals surface area contributed by atoms with Gasteiger partial charge < -0.3 is 18.3 Å². The number of halogens is 1. The lowest BCUT2D eigenvalue weighted by Gasteiger charge is -2.12. The van der Waals surface area contributed by atoms with Crippen LogP contribution in [0.5, 0.6) is 5.75 Å². The molecule has 0 radical (unpaired) electrons. The molecule has 0 saturated carbocycles. The standard InChI is InChI=1S/C25H21ClO6/c1-13-20(30-12-16-5-7-17(26)8-6-16)10-9-18-23(27)22(15(3)32-24(13)18)19-11-21(25(28)29-4)31-14(19)2/h5-11H,12H2,1-4H3. The van der Waals surface area contributed by atoms with E-state index in [2.05, 4.69) is 0 Å². The molecule has 0 aliphatic heterocycles. The van der Waals surface area contributed by atoms with Gasteiger partial charge in [-0.25, -0.2) is 4.79 Å². The van der Waals surface area contributed by atoms with E-state index in [1.165, 1.54) is 13.2 Å². The van der Waals surface area contributed by atoms with Crippen molar-refractivity contribution in [3.63, 3.8) is 0 Å². The predicted molar refractivity (Wildman–Crippen MR) is 122 cm³/mol. The van der Waals surface area contributed by atoms with Crippen molar-refractivity contribution in [2.75, 3.05) is 7.11 Å². The minimum Gasteiger partial charge on any atom is -0.488 e. The van der Waals surface area contributed by atoms with Gasteiger partial charge >= 0.3 is 5.97 Å². The summed E-state index contributed by atoms with van der Waals surface area (Å²) in [5.74, 6) is 0.886. The maximum Gasteiger partial charge on any atom is 0.373 e. The molecule has 2 aromatic carbocycles. The first-order valence-electron chi connectivity index (χ1n) is 9.93. The molecule has 0 saturated heterocycles. The van der Waals surface area contributed by atoms with E-state index in [1.807, 2.05) is 19.1 Å². The van der Waals surface area contributed by atoms with Crippen molar-refractivity contribution in [2.45, 2.75) is 27.4 Å². The number of aryl methyl sites for hydroxylation is 3. The van der Waals surface area contributed by atoms with Gasteiger partial charge in [0.05, 0.1) is 18.1 Å². The van der Waals surface area contributed by atoms with Gasteiger partial charge in [-0.15, -0.1) is 0 Å². The van der Waals surface area contributed by atoms with Crippen LogP contribution >= 0.6 is 11.6 Å². The van der Waals surface area contributed by atoms with Crippen molar-refractivity contribution >= 4 is 28.5 Å². The molecule has 0 spiro atoms. The van der Waals surface area contributed by atoms with Crippen molar-refractivity contribution in [1.29, 1.82) is 0 Å². The molecule has 6 nitrogen and oxygen atoms in total. The largest absolute Gasteiger partial charge is 0.488 e. The van der Waals surface area contributed by atoms with Crippen LogP contribution in [0.4, 0.5) is 0 Å². The molecule has 0 atom stereocenters. The highest BCUT2D eigenvalue weighted by molar-refractivity contribution is 6.30. The zero-order valence-electron chi connectivity index (χ0n) is 18.1. The average molecular weight is 453 g/mol. The molecule has 2 aromatic heterocycles. The Morgan fingerprint density at radius 2 is 1.72 bits per heavy atom. The molecule has 0 bridgehead atoms. The Kier molecular flexibility index (Phi) is 5.80. The summed E-state index contributed by atoms with van der Waals surface area (Å²) in [6, 6.07) is 12.3. The van der Waals surface area contributed by atoms with Crippen LogP contribution in [-0.2, 0) is 11.3 Å². The lowest BCUT2D eigenvalue weighted by atomic mass is 10.0. The number of benzene rings is 2. The third-order valence-corrected chi connectivity index (χ3v) is 5.57. The van der Waals surface area contributed by atoms with Crippen molar-refractivity contribution < 1.29 is 23.1 Å². The molecule has 0 amide bonds. The SMILES string of the molecule is COC(=O)c1cc(-c2c(C)oc3c(C)c(OCc4ccc(Cl)cc4)ccc3c2=O)c(C)o1. The summed E-state index contributed by atoms with van der Waals surface area (Å²) in [5, 5.41) is 1.08. The quantitative estimate of drug-likeness (QED) is 0.346. The third-order valence-electron chi connectivity index (χ3n) is 5.32. The van der Waals surface area contributed by atoms with Crippen LogP contribution in [0.15, 0.2) is 56.1 Å². The maximum absolute atomic E-state index is 13.4. The minimum absolute atomic E-state index is 0.0287. The van der Waals surface area contributed by atoms with Crippen LogP contribution in [0, 0.1) is 20.8 Å². The zero-order valence-corrected chi connectivity index (χ0v) is 18.8. The molecule has 0 N–H and O–H groups in total. The molecule has 4 rings (SSSR count). The van der Waals surface area contributed by atoms with E-state index in [1.54, 1.807) is 38.1 Å². The van der Waals surface area contributed by atoms with Gasteiger partial charge in [0.25, 0.3) is 0 Å². The Bertz CT molecular complexity index is 1380. The number of carbonyl (C=O) groups excluding carboxylic acids is 1. The molecule has 32 heavy (non-hydrogen) atoms. The van der Waals surface area contributed by atoms with E-state index in [-0.39, 0.29) is 11.2 Å². The van der Waals surface area contributed by atoms with Gasteiger partial charge in [0.15, 0.2) is 0 Å². The number of hydrogen-bond acceptors (Lipinski definition) is 6. The van der Waals surface area contributed by atoms with E-state index < -0.39 is 5.97 Å². The number of hydrogen-bond donors (Lipinski definition) is 0. The third kappa shape index (κ3) is 3.89. The minimum atomic E-state index is -0.611. The smallest absolute Gasteiger partial charge is 0.373 e. The van der Waals surface area contributed by atoms with Crippen molar-refractivity contribution in [3.8, 4) is 16.9 Å². The van der Waals surface area contributed by atoms with E-state index in [0.717, 1.165) is 11.1 Å². The summed E-state index contributed by atoms with van der Waals surface area (Å²) in [4.78, 5) is 25.2. The van der Waals surface area contributed by atoms with Crippen LogP contribution < -0.4 is 10.2 Å². The number of fused-ring (bicyclic) bond motifs is 1. The highest BCUT2D eigenvalue weighted by atomic mass is 35.5. The van der Waals surface area contributed by atoms with E-state index >= 15 is 0 Å². The van der Waals surface area contributed by atoms with Gasteiger partial charge in [0.1, 0.15) is 29.5 Å². The van der Waals surface area contributed by atoms with Crippen LogP contribution in [0.25, 0.3) is 22.1 Å². The Labute approximate surface area is 189 Å². The van der Waals surface area contributed by atoms with E-state index in [0.29, 0.717) is 51.0 Å². The second-order valence-corrected chi connectivity index (χ2v) is 7.85. The fraction of sp³-hybridized carbons (Fsp3) is 0.200. The Morgan fingerprint density at radius 1 is 1.00 bits per heavy atom. The van der Waals surface area contributed by atoms with Crippen molar-refractivity contribution in [2.24, 2.45) is 0 Å². The topological polar surface area (TPSA) is 78.9 Å². The Balaban J connectivity index is 1.74. The second-order valence-electron chi connectivity index (χ2n) is 7.41. The van der Waals surface area contributed by atoms with Crippen LogP contribution in [0.1, 0.15) is 33.2 Å². The zero-order chi connectivity index (χ0) is 23.0. The van der Waals surface area contributed by atoms with Gasteiger partial charge in [-0.1, -0.05) is 23.7 Å².